The van der Waals surface area contributed by atoms with Crippen molar-refractivity contribution in [2.45, 2.75) is 76.8 Å². The molecule has 0 bridgehead atoms. The highest BCUT2D eigenvalue weighted by Gasteiger charge is 2.32. The van der Waals surface area contributed by atoms with E-state index in [2.05, 4.69) is 17.1 Å². The number of piperidine rings is 1. The fraction of sp³-hybridized carbons (Fsp3) is 1.00. The minimum absolute atomic E-state index is 0.840. The Balaban J connectivity index is 1.54. The maximum atomic E-state index is 3.74. The Morgan fingerprint density at radius 2 is 1.84 bits per heavy atom. The first kappa shape index (κ1) is 13.9. The van der Waals surface area contributed by atoms with E-state index in [4.69, 9.17) is 0 Å². The van der Waals surface area contributed by atoms with Crippen molar-refractivity contribution in [3.8, 4) is 0 Å². The van der Waals surface area contributed by atoms with Crippen LogP contribution < -0.4 is 5.32 Å². The molecule has 3 aliphatic rings. The van der Waals surface area contributed by atoms with Crippen LogP contribution in [0.25, 0.3) is 0 Å². The average Bonchev–Trinajstić information content (AvgIpc) is 2.89. The molecule has 0 aromatic rings. The third-order valence-electron chi connectivity index (χ3n) is 5.90. The van der Waals surface area contributed by atoms with Gasteiger partial charge < -0.3 is 10.2 Å². The quantitative estimate of drug-likeness (QED) is 0.769. The van der Waals surface area contributed by atoms with Crippen LogP contribution in [0.1, 0.15) is 64.7 Å². The third kappa shape index (κ3) is 3.52. The molecule has 2 nitrogen and oxygen atoms in total. The van der Waals surface area contributed by atoms with Gasteiger partial charge in [-0.15, -0.1) is 0 Å². The first-order valence-corrected chi connectivity index (χ1v) is 8.80. The fourth-order valence-corrected chi connectivity index (χ4v) is 4.65. The molecule has 2 heterocycles. The molecule has 1 N–H and O–H groups in total. The molecule has 4 atom stereocenters. The Labute approximate surface area is 119 Å². The van der Waals surface area contributed by atoms with Gasteiger partial charge in [-0.3, -0.25) is 0 Å². The van der Waals surface area contributed by atoms with Gasteiger partial charge in [0.05, 0.1) is 0 Å². The Kier molecular flexibility index (Phi) is 4.81. The van der Waals surface area contributed by atoms with Gasteiger partial charge in [-0.1, -0.05) is 19.8 Å². The molecule has 0 aromatic heterocycles. The van der Waals surface area contributed by atoms with E-state index < -0.39 is 0 Å². The molecule has 2 saturated heterocycles. The number of nitrogens with one attached hydrogen (secondary N) is 1. The fourth-order valence-electron chi connectivity index (χ4n) is 4.65. The summed E-state index contributed by atoms with van der Waals surface area (Å²) in [6, 6.07) is 1.75. The normalized spacial score (nSPS) is 42.2. The molecule has 1 saturated carbocycles. The highest BCUT2D eigenvalue weighted by molar-refractivity contribution is 4.88. The third-order valence-corrected chi connectivity index (χ3v) is 5.90. The summed E-state index contributed by atoms with van der Waals surface area (Å²) in [4.78, 5) is 2.87. The van der Waals surface area contributed by atoms with Crippen molar-refractivity contribution in [3.63, 3.8) is 0 Å². The summed E-state index contributed by atoms with van der Waals surface area (Å²) in [5.41, 5.74) is 0. The van der Waals surface area contributed by atoms with E-state index in [-0.39, 0.29) is 0 Å². The Hall–Kier alpha value is -0.0800. The second-order valence-corrected chi connectivity index (χ2v) is 7.37. The van der Waals surface area contributed by atoms with Crippen molar-refractivity contribution in [2.24, 2.45) is 11.8 Å². The summed E-state index contributed by atoms with van der Waals surface area (Å²) in [7, 11) is 0. The van der Waals surface area contributed by atoms with Crippen LogP contribution in [0.4, 0.5) is 0 Å². The van der Waals surface area contributed by atoms with Gasteiger partial charge in [0.15, 0.2) is 0 Å². The van der Waals surface area contributed by atoms with E-state index in [0.717, 1.165) is 23.9 Å². The lowest BCUT2D eigenvalue weighted by atomic mass is 9.88. The highest BCUT2D eigenvalue weighted by atomic mass is 15.2. The van der Waals surface area contributed by atoms with Gasteiger partial charge in [0.2, 0.25) is 0 Å². The summed E-state index contributed by atoms with van der Waals surface area (Å²) < 4.78 is 0. The van der Waals surface area contributed by atoms with Gasteiger partial charge in [0.25, 0.3) is 0 Å². The predicted molar refractivity (Wildman–Crippen MR) is 81.4 cm³/mol. The standard InChI is InChI=1S/C17H32N2/c1-14-5-2-7-16(10-9-14)19-12-4-6-15(13-19)17-8-3-11-18-17/h14-18H,2-13H2,1H3. The summed E-state index contributed by atoms with van der Waals surface area (Å²) in [6.07, 6.45) is 13.1. The Bertz CT molecular complexity index is 272. The van der Waals surface area contributed by atoms with Gasteiger partial charge in [0, 0.05) is 18.6 Å². The van der Waals surface area contributed by atoms with Gasteiger partial charge in [-0.25, -0.2) is 0 Å². The molecule has 0 aromatic carbocycles. The largest absolute Gasteiger partial charge is 0.314 e. The van der Waals surface area contributed by atoms with Crippen molar-refractivity contribution >= 4 is 0 Å². The molecular weight excluding hydrogens is 232 g/mol. The van der Waals surface area contributed by atoms with Crippen molar-refractivity contribution in [1.29, 1.82) is 0 Å². The number of hydrogen-bond acceptors (Lipinski definition) is 2. The molecule has 1 aliphatic carbocycles. The lowest BCUT2D eigenvalue weighted by molar-refractivity contribution is 0.0979. The zero-order chi connectivity index (χ0) is 13.1. The minimum Gasteiger partial charge on any atom is -0.314 e. The van der Waals surface area contributed by atoms with Crippen LogP contribution in [0, 0.1) is 11.8 Å². The Morgan fingerprint density at radius 3 is 2.68 bits per heavy atom. The van der Waals surface area contributed by atoms with E-state index in [1.165, 1.54) is 77.4 Å². The molecule has 0 amide bonds. The summed E-state index contributed by atoms with van der Waals surface area (Å²) in [5, 5.41) is 3.74. The summed E-state index contributed by atoms with van der Waals surface area (Å²) in [6.45, 7) is 6.48. The smallest absolute Gasteiger partial charge is 0.0108 e. The van der Waals surface area contributed by atoms with E-state index >= 15 is 0 Å². The van der Waals surface area contributed by atoms with E-state index in [1.54, 1.807) is 0 Å². The Morgan fingerprint density at radius 1 is 0.895 bits per heavy atom. The van der Waals surface area contributed by atoms with E-state index in [9.17, 15) is 0 Å². The zero-order valence-electron chi connectivity index (χ0n) is 12.7. The second kappa shape index (κ2) is 6.58. The monoisotopic (exact) mass is 264 g/mol. The first-order valence-electron chi connectivity index (χ1n) is 8.80. The first-order chi connectivity index (χ1) is 9.33. The topological polar surface area (TPSA) is 15.3 Å². The average molecular weight is 264 g/mol. The van der Waals surface area contributed by atoms with Crippen LogP contribution in [0.15, 0.2) is 0 Å². The van der Waals surface area contributed by atoms with Crippen LogP contribution in [0.2, 0.25) is 0 Å². The predicted octanol–water partition coefficient (Wildman–Crippen LogP) is 3.42. The zero-order valence-corrected chi connectivity index (χ0v) is 12.7. The number of likely N-dealkylation sites (tertiary alicyclic amines) is 1. The maximum Gasteiger partial charge on any atom is 0.0108 e. The van der Waals surface area contributed by atoms with Crippen LogP contribution in [-0.2, 0) is 0 Å². The van der Waals surface area contributed by atoms with Gasteiger partial charge >= 0.3 is 0 Å². The van der Waals surface area contributed by atoms with Gasteiger partial charge in [-0.05, 0) is 69.9 Å². The summed E-state index contributed by atoms with van der Waals surface area (Å²) >= 11 is 0. The maximum absolute atomic E-state index is 3.74. The van der Waals surface area contributed by atoms with Gasteiger partial charge in [-0.2, -0.15) is 0 Å². The van der Waals surface area contributed by atoms with Gasteiger partial charge in [0.1, 0.15) is 0 Å². The molecule has 110 valence electrons. The van der Waals surface area contributed by atoms with Crippen LogP contribution in [0.5, 0.6) is 0 Å². The lowest BCUT2D eigenvalue weighted by Gasteiger charge is -2.40. The molecule has 19 heavy (non-hydrogen) atoms. The lowest BCUT2D eigenvalue weighted by Crippen LogP contribution is -2.47. The van der Waals surface area contributed by atoms with Crippen LogP contribution in [0.3, 0.4) is 0 Å². The number of hydrogen-bond donors (Lipinski definition) is 1. The molecule has 3 rings (SSSR count). The van der Waals surface area contributed by atoms with Crippen molar-refractivity contribution in [1.82, 2.24) is 10.2 Å². The molecule has 2 aliphatic heterocycles. The molecular formula is C17H32N2. The molecule has 2 heteroatoms. The molecule has 4 unspecified atom stereocenters. The van der Waals surface area contributed by atoms with E-state index in [1.807, 2.05) is 0 Å². The van der Waals surface area contributed by atoms with Crippen molar-refractivity contribution in [3.05, 3.63) is 0 Å². The SMILES string of the molecule is CC1CCCC(N2CCCC(C3CCCN3)C2)CC1. The summed E-state index contributed by atoms with van der Waals surface area (Å²) in [5.74, 6) is 1.92. The molecule has 3 fully saturated rings. The van der Waals surface area contributed by atoms with E-state index in [0.29, 0.717) is 0 Å². The minimum atomic E-state index is 0.840. The second-order valence-electron chi connectivity index (χ2n) is 7.37. The number of nitrogens with zero attached hydrogens (tertiary/aromatic N) is 1. The molecule has 0 spiro atoms. The molecule has 0 radical (unpaired) electrons. The van der Waals surface area contributed by atoms with Crippen molar-refractivity contribution in [2.75, 3.05) is 19.6 Å². The van der Waals surface area contributed by atoms with Crippen LogP contribution >= 0.6 is 0 Å². The van der Waals surface area contributed by atoms with Crippen LogP contribution in [-0.4, -0.2) is 36.6 Å². The van der Waals surface area contributed by atoms with Crippen molar-refractivity contribution < 1.29 is 0 Å². The number of rotatable bonds is 2. The highest BCUT2D eigenvalue weighted by Crippen LogP contribution is 2.31.